The maximum atomic E-state index is 9.14. The van der Waals surface area contributed by atoms with E-state index in [0.717, 1.165) is 12.2 Å². The van der Waals surface area contributed by atoms with Gasteiger partial charge in [0.1, 0.15) is 11.5 Å². The number of hydrogen-bond donors (Lipinski definition) is 1. The van der Waals surface area contributed by atoms with Gasteiger partial charge in [-0.2, -0.15) is 0 Å². The molecule has 2 rings (SSSR count). The fourth-order valence-electron chi connectivity index (χ4n) is 1.71. The van der Waals surface area contributed by atoms with Gasteiger partial charge in [-0.15, -0.1) is 0 Å². The van der Waals surface area contributed by atoms with E-state index in [1.54, 1.807) is 24.3 Å². The van der Waals surface area contributed by atoms with Gasteiger partial charge in [0.2, 0.25) is 0 Å². The number of rotatable bonds is 4. The quantitative estimate of drug-likeness (QED) is 0.869. The van der Waals surface area contributed by atoms with Gasteiger partial charge < -0.3 is 9.84 Å². The molecular formula is C15H16O2. The summed E-state index contributed by atoms with van der Waals surface area (Å²) >= 11 is 0. The molecule has 0 bridgehead atoms. The van der Waals surface area contributed by atoms with Crippen LogP contribution in [0, 0.1) is 6.92 Å². The molecule has 0 spiro atoms. The Morgan fingerprint density at radius 1 is 1.00 bits per heavy atom. The van der Waals surface area contributed by atoms with Crippen LogP contribution in [-0.4, -0.2) is 11.7 Å². The molecule has 2 aromatic rings. The molecule has 88 valence electrons. The lowest BCUT2D eigenvalue weighted by Gasteiger charge is -2.08. The molecule has 0 heterocycles. The van der Waals surface area contributed by atoms with E-state index in [1.807, 2.05) is 12.1 Å². The highest BCUT2D eigenvalue weighted by atomic mass is 16.5. The summed E-state index contributed by atoms with van der Waals surface area (Å²) in [6.45, 7) is 2.76. The van der Waals surface area contributed by atoms with Gasteiger partial charge in [-0.25, -0.2) is 0 Å². The maximum absolute atomic E-state index is 9.14. The van der Waals surface area contributed by atoms with Gasteiger partial charge in [0.25, 0.3) is 0 Å². The summed E-state index contributed by atoms with van der Waals surface area (Å²) in [5, 5.41) is 9.14. The van der Waals surface area contributed by atoms with Crippen LogP contribution in [0.3, 0.4) is 0 Å². The third-order valence-electron chi connectivity index (χ3n) is 2.74. The van der Waals surface area contributed by atoms with Crippen molar-refractivity contribution >= 4 is 0 Å². The topological polar surface area (TPSA) is 29.5 Å². The molecule has 0 amide bonds. The van der Waals surface area contributed by atoms with E-state index in [9.17, 15) is 0 Å². The maximum Gasteiger partial charge on any atom is 0.119 e. The standard InChI is InChI=1S/C15H16O2/c1-12-4-2-3-5-13(12)10-11-17-15-8-6-14(16)7-9-15/h2-9,16H,10-11H2,1H3. The van der Waals surface area contributed by atoms with Gasteiger partial charge >= 0.3 is 0 Å². The third-order valence-corrected chi connectivity index (χ3v) is 2.74. The summed E-state index contributed by atoms with van der Waals surface area (Å²) in [4.78, 5) is 0. The number of benzene rings is 2. The predicted molar refractivity (Wildman–Crippen MR) is 68.5 cm³/mol. The average molecular weight is 228 g/mol. The molecule has 2 nitrogen and oxygen atoms in total. The second-order valence-electron chi connectivity index (χ2n) is 4.02. The van der Waals surface area contributed by atoms with Crippen LogP contribution in [0.5, 0.6) is 11.5 Å². The Hall–Kier alpha value is -1.96. The van der Waals surface area contributed by atoms with Crippen molar-refractivity contribution in [1.29, 1.82) is 0 Å². The molecule has 2 aromatic carbocycles. The van der Waals surface area contributed by atoms with Crippen molar-refractivity contribution < 1.29 is 9.84 Å². The van der Waals surface area contributed by atoms with E-state index in [-0.39, 0.29) is 5.75 Å². The normalized spacial score (nSPS) is 10.2. The highest BCUT2D eigenvalue weighted by molar-refractivity contribution is 5.30. The Balaban J connectivity index is 1.88. The van der Waals surface area contributed by atoms with Gasteiger partial charge in [-0.1, -0.05) is 24.3 Å². The Kier molecular flexibility index (Phi) is 3.66. The monoisotopic (exact) mass is 228 g/mol. The molecule has 0 aliphatic rings. The minimum absolute atomic E-state index is 0.260. The van der Waals surface area contributed by atoms with E-state index in [1.165, 1.54) is 11.1 Å². The summed E-state index contributed by atoms with van der Waals surface area (Å²) in [5.41, 5.74) is 2.60. The number of phenolic OH excluding ortho intramolecular Hbond substituents is 1. The first kappa shape index (κ1) is 11.5. The van der Waals surface area contributed by atoms with Crippen molar-refractivity contribution in [3.05, 3.63) is 59.7 Å². The van der Waals surface area contributed by atoms with Gasteiger partial charge in [-0.3, -0.25) is 0 Å². The number of ether oxygens (including phenoxy) is 1. The second kappa shape index (κ2) is 5.39. The lowest BCUT2D eigenvalue weighted by molar-refractivity contribution is 0.321. The number of hydrogen-bond acceptors (Lipinski definition) is 2. The first-order valence-corrected chi connectivity index (χ1v) is 5.72. The van der Waals surface area contributed by atoms with Crippen LogP contribution >= 0.6 is 0 Å². The SMILES string of the molecule is Cc1ccccc1CCOc1ccc(O)cc1. The van der Waals surface area contributed by atoms with Gasteiger partial charge in [0.05, 0.1) is 6.61 Å². The van der Waals surface area contributed by atoms with Crippen LogP contribution in [0.2, 0.25) is 0 Å². The number of aryl methyl sites for hydroxylation is 1. The molecule has 0 saturated carbocycles. The summed E-state index contributed by atoms with van der Waals surface area (Å²) < 4.78 is 5.61. The minimum atomic E-state index is 0.260. The zero-order chi connectivity index (χ0) is 12.1. The molecule has 1 N–H and O–H groups in total. The molecule has 0 fully saturated rings. The minimum Gasteiger partial charge on any atom is -0.508 e. The van der Waals surface area contributed by atoms with Crippen molar-refractivity contribution in [1.82, 2.24) is 0 Å². The average Bonchev–Trinajstić information content (AvgIpc) is 2.34. The molecule has 0 saturated heterocycles. The second-order valence-corrected chi connectivity index (χ2v) is 4.02. The molecule has 0 atom stereocenters. The van der Waals surface area contributed by atoms with E-state index >= 15 is 0 Å². The molecule has 2 heteroatoms. The van der Waals surface area contributed by atoms with E-state index < -0.39 is 0 Å². The molecule has 0 unspecified atom stereocenters. The van der Waals surface area contributed by atoms with E-state index in [4.69, 9.17) is 9.84 Å². The summed E-state index contributed by atoms with van der Waals surface area (Å²) in [5.74, 6) is 1.05. The van der Waals surface area contributed by atoms with Gasteiger partial charge in [-0.05, 0) is 42.3 Å². The number of phenols is 1. The van der Waals surface area contributed by atoms with E-state index in [2.05, 4.69) is 19.1 Å². The van der Waals surface area contributed by atoms with Crippen LogP contribution in [-0.2, 0) is 6.42 Å². The fraction of sp³-hybridized carbons (Fsp3) is 0.200. The van der Waals surface area contributed by atoms with Crippen LogP contribution < -0.4 is 4.74 Å². The first-order valence-electron chi connectivity index (χ1n) is 5.72. The summed E-state index contributed by atoms with van der Waals surface area (Å²) in [7, 11) is 0. The molecule has 0 radical (unpaired) electrons. The molecule has 0 aliphatic heterocycles. The van der Waals surface area contributed by atoms with Crippen molar-refractivity contribution in [2.75, 3.05) is 6.61 Å². The first-order chi connectivity index (χ1) is 8.25. The van der Waals surface area contributed by atoms with E-state index in [0.29, 0.717) is 6.61 Å². The lowest BCUT2D eigenvalue weighted by atomic mass is 10.1. The smallest absolute Gasteiger partial charge is 0.119 e. The molecule has 17 heavy (non-hydrogen) atoms. The lowest BCUT2D eigenvalue weighted by Crippen LogP contribution is -2.02. The van der Waals surface area contributed by atoms with Crippen LogP contribution in [0.1, 0.15) is 11.1 Å². The van der Waals surface area contributed by atoms with Crippen molar-refractivity contribution in [2.24, 2.45) is 0 Å². The van der Waals surface area contributed by atoms with Crippen LogP contribution in [0.4, 0.5) is 0 Å². The largest absolute Gasteiger partial charge is 0.508 e. The Bertz CT molecular complexity index is 475. The Labute approximate surface area is 101 Å². The summed E-state index contributed by atoms with van der Waals surface area (Å²) in [6, 6.07) is 15.1. The zero-order valence-electron chi connectivity index (χ0n) is 9.89. The Morgan fingerprint density at radius 3 is 2.41 bits per heavy atom. The van der Waals surface area contributed by atoms with Crippen molar-refractivity contribution in [3.63, 3.8) is 0 Å². The Morgan fingerprint density at radius 2 is 1.71 bits per heavy atom. The van der Waals surface area contributed by atoms with Gasteiger partial charge in [0, 0.05) is 6.42 Å². The van der Waals surface area contributed by atoms with Gasteiger partial charge in [0.15, 0.2) is 0 Å². The highest BCUT2D eigenvalue weighted by Gasteiger charge is 1.98. The third kappa shape index (κ3) is 3.25. The zero-order valence-corrected chi connectivity index (χ0v) is 9.89. The summed E-state index contributed by atoms with van der Waals surface area (Å²) in [6.07, 6.45) is 0.896. The van der Waals surface area contributed by atoms with Crippen molar-refractivity contribution in [2.45, 2.75) is 13.3 Å². The molecular weight excluding hydrogens is 212 g/mol. The highest BCUT2D eigenvalue weighted by Crippen LogP contribution is 2.16. The number of aromatic hydroxyl groups is 1. The molecule has 0 aromatic heterocycles. The van der Waals surface area contributed by atoms with Crippen LogP contribution in [0.25, 0.3) is 0 Å². The fourth-order valence-corrected chi connectivity index (χ4v) is 1.71. The molecule has 0 aliphatic carbocycles. The predicted octanol–water partition coefficient (Wildman–Crippen LogP) is 3.32. The van der Waals surface area contributed by atoms with Crippen LogP contribution in [0.15, 0.2) is 48.5 Å². The van der Waals surface area contributed by atoms with Crippen molar-refractivity contribution in [3.8, 4) is 11.5 Å².